The van der Waals surface area contributed by atoms with Crippen LogP contribution in [0.25, 0.3) is 0 Å². The quantitative estimate of drug-likeness (QED) is 0.0865. The standard InChI is InChI=1S/C25H31ClN4O2.C23H24ClN3O3.ClH/c1-17(2)16-32-23-10-9-22(26)13-21(23)15-30-18(3)11-24(28-30)27-25(31)20-8-6-7-19(12-20)14-29(4)5;1-15(2)14-30-21-8-7-20(24)11-19(21)12-27-16(3)9-22(26-27)25-23(29)18-6-4-5-17(10-18)13-28;/h6-13,17H,14-16H2,1-5H3,(H,27,28,31);4-11,13,15H,12,14H2,1-3H3,(H,25,26,29);1H. The molecular formula is C48H56Cl3N7O5. The van der Waals surface area contributed by atoms with Gasteiger partial charge in [-0.3, -0.25) is 23.7 Å². The molecule has 0 fully saturated rings. The molecule has 4 aromatic carbocycles. The highest BCUT2D eigenvalue weighted by Gasteiger charge is 2.16. The van der Waals surface area contributed by atoms with Crippen molar-refractivity contribution in [1.82, 2.24) is 24.5 Å². The van der Waals surface area contributed by atoms with Gasteiger partial charge in [0.15, 0.2) is 11.6 Å². The number of aldehydes is 1. The van der Waals surface area contributed by atoms with E-state index in [1.54, 1.807) is 35.0 Å². The Labute approximate surface area is 386 Å². The van der Waals surface area contributed by atoms with Crippen LogP contribution in [-0.4, -0.2) is 69.9 Å². The monoisotopic (exact) mass is 915 g/mol. The van der Waals surface area contributed by atoms with Crippen molar-refractivity contribution in [3.8, 4) is 11.5 Å². The SMILES string of the molecule is Cc1cc(NC(=O)c2cccc(C=O)c2)nn1Cc1cc(Cl)ccc1OCC(C)C.Cc1cc(NC(=O)c2cccc(CN(C)C)c2)nn1Cc1cc(Cl)ccc1OCC(C)C.Cl. The fourth-order valence-electron chi connectivity index (χ4n) is 6.23. The third-order valence-electron chi connectivity index (χ3n) is 9.25. The molecule has 0 radical (unpaired) electrons. The Morgan fingerprint density at radius 2 is 1.14 bits per heavy atom. The van der Waals surface area contributed by atoms with Crippen LogP contribution in [0.15, 0.2) is 97.1 Å². The average molecular weight is 917 g/mol. The number of aryl methyl sites for hydroxylation is 2. The van der Waals surface area contributed by atoms with Gasteiger partial charge in [0.05, 0.1) is 26.3 Å². The molecule has 0 spiro atoms. The number of carbonyl (C=O) groups excluding carboxylic acids is 3. The van der Waals surface area contributed by atoms with Crippen molar-refractivity contribution >= 4 is 65.3 Å². The van der Waals surface area contributed by atoms with Crippen LogP contribution in [0.1, 0.15) is 86.8 Å². The normalized spacial score (nSPS) is 10.9. The molecule has 2 amide bonds. The molecule has 2 heterocycles. The summed E-state index contributed by atoms with van der Waals surface area (Å²) < 4.78 is 15.5. The Balaban J connectivity index is 0.000000273. The molecule has 0 bridgehead atoms. The van der Waals surface area contributed by atoms with Crippen LogP contribution in [0.2, 0.25) is 10.0 Å². The van der Waals surface area contributed by atoms with E-state index in [9.17, 15) is 14.4 Å². The highest BCUT2D eigenvalue weighted by molar-refractivity contribution is 6.31. The zero-order valence-corrected chi connectivity index (χ0v) is 39.3. The van der Waals surface area contributed by atoms with Gasteiger partial charge in [-0.05, 0) is 106 Å². The first-order valence-corrected chi connectivity index (χ1v) is 21.1. The maximum Gasteiger partial charge on any atom is 0.256 e. The number of carbonyl (C=O) groups is 3. The number of rotatable bonds is 17. The second-order valence-electron chi connectivity index (χ2n) is 16.2. The van der Waals surface area contributed by atoms with Crippen LogP contribution in [-0.2, 0) is 19.6 Å². The summed E-state index contributed by atoms with van der Waals surface area (Å²) in [5.74, 6) is 2.81. The number of aromatic nitrogens is 4. The molecule has 15 heteroatoms. The summed E-state index contributed by atoms with van der Waals surface area (Å²) in [5.41, 5.74) is 6.18. The molecule has 0 atom stereocenters. The van der Waals surface area contributed by atoms with Crippen molar-refractivity contribution in [3.05, 3.63) is 152 Å². The largest absolute Gasteiger partial charge is 0.493 e. The van der Waals surface area contributed by atoms with E-state index in [0.29, 0.717) is 82.8 Å². The fourth-order valence-corrected chi connectivity index (χ4v) is 6.62. The number of halogens is 3. The maximum absolute atomic E-state index is 12.8. The van der Waals surface area contributed by atoms with Gasteiger partial charge in [-0.15, -0.1) is 12.4 Å². The highest BCUT2D eigenvalue weighted by Crippen LogP contribution is 2.27. The van der Waals surface area contributed by atoms with E-state index in [1.165, 1.54) is 6.07 Å². The Morgan fingerprint density at radius 3 is 1.59 bits per heavy atom. The molecule has 0 aliphatic carbocycles. The van der Waals surface area contributed by atoms with Crippen LogP contribution in [0, 0.1) is 25.7 Å². The number of amides is 2. The first-order valence-electron chi connectivity index (χ1n) is 20.4. The average Bonchev–Trinajstić information content (AvgIpc) is 3.75. The molecule has 0 aliphatic rings. The lowest BCUT2D eigenvalue weighted by Gasteiger charge is -2.14. The van der Waals surface area contributed by atoms with E-state index >= 15 is 0 Å². The van der Waals surface area contributed by atoms with Crippen molar-refractivity contribution in [2.45, 2.75) is 61.2 Å². The minimum Gasteiger partial charge on any atom is -0.493 e. The van der Waals surface area contributed by atoms with Gasteiger partial charge in [0, 0.05) is 67.9 Å². The molecule has 334 valence electrons. The molecule has 6 rings (SSSR count). The summed E-state index contributed by atoms with van der Waals surface area (Å²) in [6.45, 7) is 15.2. The second-order valence-corrected chi connectivity index (χ2v) is 17.0. The van der Waals surface area contributed by atoms with Crippen molar-refractivity contribution in [2.24, 2.45) is 11.8 Å². The van der Waals surface area contributed by atoms with Crippen LogP contribution in [0.3, 0.4) is 0 Å². The third-order valence-corrected chi connectivity index (χ3v) is 9.72. The van der Waals surface area contributed by atoms with E-state index < -0.39 is 0 Å². The number of nitrogens with one attached hydrogen (secondary N) is 2. The minimum absolute atomic E-state index is 0. The number of ether oxygens (including phenoxy) is 2. The second kappa shape index (κ2) is 23.7. The van der Waals surface area contributed by atoms with Crippen molar-refractivity contribution in [1.29, 1.82) is 0 Å². The summed E-state index contributed by atoms with van der Waals surface area (Å²) in [6, 6.07) is 28.9. The molecule has 0 unspecified atom stereocenters. The van der Waals surface area contributed by atoms with E-state index in [2.05, 4.69) is 53.4 Å². The van der Waals surface area contributed by atoms with Crippen LogP contribution in [0.4, 0.5) is 11.6 Å². The molecule has 2 aromatic heterocycles. The van der Waals surface area contributed by atoms with Crippen LogP contribution < -0.4 is 20.1 Å². The van der Waals surface area contributed by atoms with Gasteiger partial charge in [0.1, 0.15) is 17.8 Å². The zero-order valence-electron chi connectivity index (χ0n) is 36.9. The summed E-state index contributed by atoms with van der Waals surface area (Å²) in [5, 5.41) is 16.0. The lowest BCUT2D eigenvalue weighted by Crippen LogP contribution is -2.15. The molecule has 12 nitrogen and oxygen atoms in total. The van der Waals surface area contributed by atoms with Crippen molar-refractivity contribution in [3.63, 3.8) is 0 Å². The van der Waals surface area contributed by atoms with E-state index in [-0.39, 0.29) is 24.2 Å². The number of anilines is 2. The Kier molecular flexibility index (Phi) is 18.8. The van der Waals surface area contributed by atoms with E-state index in [0.717, 1.165) is 46.1 Å². The van der Waals surface area contributed by atoms with Gasteiger partial charge in [-0.2, -0.15) is 10.2 Å². The minimum atomic E-state index is -0.327. The lowest BCUT2D eigenvalue weighted by molar-refractivity contribution is 0.101. The predicted molar refractivity (Wildman–Crippen MR) is 255 cm³/mol. The van der Waals surface area contributed by atoms with Gasteiger partial charge >= 0.3 is 0 Å². The Bertz CT molecular complexity index is 2480. The smallest absolute Gasteiger partial charge is 0.256 e. The summed E-state index contributed by atoms with van der Waals surface area (Å²) in [7, 11) is 4.00. The van der Waals surface area contributed by atoms with E-state index in [1.807, 2.05) is 93.3 Å². The van der Waals surface area contributed by atoms with Gasteiger partial charge in [0.25, 0.3) is 11.8 Å². The number of nitrogens with zero attached hydrogens (tertiary/aromatic N) is 5. The van der Waals surface area contributed by atoms with Gasteiger partial charge < -0.3 is 25.0 Å². The van der Waals surface area contributed by atoms with Gasteiger partial charge in [-0.1, -0.05) is 75.2 Å². The zero-order chi connectivity index (χ0) is 44.9. The molecule has 2 N–H and O–H groups in total. The number of hydrogen-bond donors (Lipinski definition) is 2. The predicted octanol–water partition coefficient (Wildman–Crippen LogP) is 10.7. The van der Waals surface area contributed by atoms with Gasteiger partial charge in [0.2, 0.25) is 0 Å². The summed E-state index contributed by atoms with van der Waals surface area (Å²) in [6.07, 6.45) is 0.708. The lowest BCUT2D eigenvalue weighted by atomic mass is 10.1. The van der Waals surface area contributed by atoms with Crippen LogP contribution in [0.5, 0.6) is 11.5 Å². The molecule has 6 aromatic rings. The summed E-state index contributed by atoms with van der Waals surface area (Å²) >= 11 is 12.4. The van der Waals surface area contributed by atoms with Crippen molar-refractivity contribution in [2.75, 3.05) is 37.9 Å². The number of benzene rings is 4. The number of hydrogen-bond acceptors (Lipinski definition) is 8. The first-order chi connectivity index (χ1) is 29.6. The third kappa shape index (κ3) is 15.3. The molecule has 0 saturated carbocycles. The topological polar surface area (TPSA) is 133 Å². The Hall–Kier alpha value is -5.66. The van der Waals surface area contributed by atoms with E-state index in [4.69, 9.17) is 32.7 Å². The molecular weight excluding hydrogens is 861 g/mol. The van der Waals surface area contributed by atoms with Crippen molar-refractivity contribution < 1.29 is 23.9 Å². The molecule has 0 aliphatic heterocycles. The molecule has 0 saturated heterocycles. The maximum atomic E-state index is 12.8. The summed E-state index contributed by atoms with van der Waals surface area (Å²) in [4.78, 5) is 38.3. The Morgan fingerprint density at radius 1 is 0.683 bits per heavy atom. The van der Waals surface area contributed by atoms with Gasteiger partial charge in [-0.25, -0.2) is 0 Å². The molecule has 63 heavy (non-hydrogen) atoms. The fraction of sp³-hybridized carbons (Fsp3) is 0.312. The first kappa shape index (κ1) is 50.0. The highest BCUT2D eigenvalue weighted by atomic mass is 35.5. The van der Waals surface area contributed by atoms with Crippen LogP contribution >= 0.6 is 35.6 Å².